The molecule has 0 N–H and O–H groups in total. The maximum atomic E-state index is 15.0. The van der Waals surface area contributed by atoms with Gasteiger partial charge in [0, 0.05) is 22.3 Å². The van der Waals surface area contributed by atoms with Crippen LogP contribution >= 0.6 is 11.7 Å². The number of nitrogens with zero attached hydrogens (tertiary/aromatic N) is 4. The molecule has 46 heavy (non-hydrogen) atoms. The van der Waals surface area contributed by atoms with E-state index in [0.29, 0.717) is 11.1 Å². The summed E-state index contributed by atoms with van der Waals surface area (Å²) >= 11 is 1.16. The van der Waals surface area contributed by atoms with E-state index in [4.69, 9.17) is 18.7 Å². The second-order valence-corrected chi connectivity index (χ2v) is 12.1. The van der Waals surface area contributed by atoms with Crippen LogP contribution in [0.15, 0.2) is 84.9 Å². The van der Waals surface area contributed by atoms with E-state index in [9.17, 15) is 8.78 Å². The van der Waals surface area contributed by atoms with Gasteiger partial charge in [0.2, 0.25) is 0 Å². The highest BCUT2D eigenvalue weighted by atomic mass is 32.1. The van der Waals surface area contributed by atoms with E-state index in [1.807, 2.05) is 86.6 Å². The molecule has 0 aliphatic heterocycles. The number of hydrogen-bond acceptors (Lipinski definition) is 5. The van der Waals surface area contributed by atoms with E-state index in [-0.39, 0.29) is 11.6 Å². The normalized spacial score (nSPS) is 11.5. The fourth-order valence-electron chi connectivity index (χ4n) is 6.21. The van der Waals surface area contributed by atoms with Gasteiger partial charge in [0.25, 0.3) is 0 Å². The zero-order valence-corrected chi connectivity index (χ0v) is 27.0. The van der Waals surface area contributed by atoms with Gasteiger partial charge in [-0.3, -0.25) is 0 Å². The SMILES string of the molecule is CCc1ccc(-c2ccc(-c3c4nsnc4c(-c4ccc(-c5ccc(C)cc5F)cc4)c4nc(CC)c(CC)nc34)cc2)c(F)c1. The van der Waals surface area contributed by atoms with Crippen molar-refractivity contribution in [1.29, 1.82) is 0 Å². The van der Waals surface area contributed by atoms with Gasteiger partial charge in [-0.05, 0) is 71.7 Å². The molecule has 2 aromatic heterocycles. The van der Waals surface area contributed by atoms with Crippen molar-refractivity contribution >= 4 is 33.8 Å². The molecule has 228 valence electrons. The highest BCUT2D eigenvalue weighted by Gasteiger charge is 2.24. The van der Waals surface area contributed by atoms with Crippen LogP contribution in [-0.4, -0.2) is 18.7 Å². The number of aromatic nitrogens is 4. The third-order valence-electron chi connectivity index (χ3n) is 8.69. The first-order valence-electron chi connectivity index (χ1n) is 15.6. The summed E-state index contributed by atoms with van der Waals surface area (Å²) in [4.78, 5) is 10.4. The van der Waals surface area contributed by atoms with Crippen molar-refractivity contribution < 1.29 is 8.78 Å². The molecule has 0 amide bonds. The maximum Gasteiger partial charge on any atom is 0.131 e. The molecule has 0 radical (unpaired) electrons. The van der Waals surface area contributed by atoms with Gasteiger partial charge in [-0.15, -0.1) is 0 Å². The lowest BCUT2D eigenvalue weighted by Gasteiger charge is -2.16. The maximum absolute atomic E-state index is 15.0. The fourth-order valence-corrected chi connectivity index (χ4v) is 6.77. The van der Waals surface area contributed by atoms with Crippen LogP contribution in [0.3, 0.4) is 0 Å². The minimum atomic E-state index is -0.245. The second-order valence-electron chi connectivity index (χ2n) is 11.5. The number of aryl methyl sites for hydroxylation is 4. The van der Waals surface area contributed by atoms with Gasteiger partial charge >= 0.3 is 0 Å². The van der Waals surface area contributed by atoms with Crippen molar-refractivity contribution in [1.82, 2.24) is 18.7 Å². The summed E-state index contributed by atoms with van der Waals surface area (Å²) in [5.74, 6) is -0.472. The molecule has 7 heteroatoms. The standard InChI is InChI=1S/C39H32F2N4S/c1-5-23-9-19-29(31(41)21-23)25-12-16-27(17-13-25)35-37-36(42-32(6-2)33(7-3)43-37)34(38-39(35)45-46-44-38)26-14-10-24(11-15-26)28-18-8-22(4)20-30(28)40/h8-21H,5-7H2,1-4H3. The average Bonchev–Trinajstić information content (AvgIpc) is 3.56. The van der Waals surface area contributed by atoms with Crippen molar-refractivity contribution in [2.45, 2.75) is 47.0 Å². The molecule has 0 saturated heterocycles. The van der Waals surface area contributed by atoms with Gasteiger partial charge in [-0.1, -0.05) is 93.6 Å². The number of benzene rings is 5. The first-order chi connectivity index (χ1) is 22.4. The molecular weight excluding hydrogens is 595 g/mol. The van der Waals surface area contributed by atoms with Crippen LogP contribution in [-0.2, 0) is 19.3 Å². The zero-order chi connectivity index (χ0) is 31.9. The Balaban J connectivity index is 1.42. The lowest BCUT2D eigenvalue weighted by Crippen LogP contribution is -2.03. The number of hydrogen-bond donors (Lipinski definition) is 0. The summed E-state index contributed by atoms with van der Waals surface area (Å²) in [6, 6.07) is 26.5. The number of fused-ring (bicyclic) bond motifs is 2. The molecule has 0 fully saturated rings. The Morgan fingerprint density at radius 2 is 0.978 bits per heavy atom. The lowest BCUT2D eigenvalue weighted by atomic mass is 9.92. The highest BCUT2D eigenvalue weighted by molar-refractivity contribution is 7.00. The van der Waals surface area contributed by atoms with Crippen LogP contribution in [0.4, 0.5) is 8.78 Å². The highest BCUT2D eigenvalue weighted by Crippen LogP contribution is 2.42. The Morgan fingerprint density at radius 1 is 0.522 bits per heavy atom. The summed E-state index contributed by atoms with van der Waals surface area (Å²) in [5.41, 5.74) is 13.0. The second kappa shape index (κ2) is 12.1. The smallest absolute Gasteiger partial charge is 0.131 e. The molecular formula is C39H32F2N4S. The largest absolute Gasteiger partial charge is 0.249 e. The number of halogens is 2. The first-order valence-corrected chi connectivity index (χ1v) is 16.4. The summed E-state index contributed by atoms with van der Waals surface area (Å²) < 4.78 is 39.4. The van der Waals surface area contributed by atoms with Gasteiger partial charge in [-0.2, -0.15) is 8.75 Å². The van der Waals surface area contributed by atoms with Crippen molar-refractivity contribution in [2.75, 3.05) is 0 Å². The molecule has 0 spiro atoms. The average molecular weight is 627 g/mol. The minimum Gasteiger partial charge on any atom is -0.249 e. The van der Waals surface area contributed by atoms with E-state index in [1.54, 1.807) is 12.1 Å². The fraction of sp³-hybridized carbons (Fsp3) is 0.179. The van der Waals surface area contributed by atoms with Gasteiger partial charge in [-0.25, -0.2) is 18.7 Å². The third-order valence-corrected chi connectivity index (χ3v) is 9.22. The van der Waals surface area contributed by atoms with E-state index in [2.05, 4.69) is 13.8 Å². The zero-order valence-electron chi connectivity index (χ0n) is 26.2. The molecule has 0 unspecified atom stereocenters. The third kappa shape index (κ3) is 5.14. The predicted molar refractivity (Wildman–Crippen MR) is 185 cm³/mol. The van der Waals surface area contributed by atoms with Gasteiger partial charge in [0.05, 0.1) is 34.1 Å². The van der Waals surface area contributed by atoms with Crippen molar-refractivity contribution in [3.63, 3.8) is 0 Å². The summed E-state index contributed by atoms with van der Waals surface area (Å²) in [6.07, 6.45) is 2.28. The topological polar surface area (TPSA) is 51.6 Å². The molecule has 7 aromatic rings. The van der Waals surface area contributed by atoms with Crippen molar-refractivity contribution in [3.8, 4) is 44.5 Å². The van der Waals surface area contributed by atoms with Gasteiger partial charge in [0.15, 0.2) is 0 Å². The summed E-state index contributed by atoms with van der Waals surface area (Å²) in [6.45, 7) is 8.08. The Bertz CT molecular complexity index is 2240. The Morgan fingerprint density at radius 3 is 1.41 bits per heavy atom. The molecule has 7 rings (SSSR count). The molecule has 0 bridgehead atoms. The molecule has 0 atom stereocenters. The Hall–Kier alpha value is -4.88. The van der Waals surface area contributed by atoms with Crippen LogP contribution in [0.2, 0.25) is 0 Å². The first kappa shape index (κ1) is 29.8. The lowest BCUT2D eigenvalue weighted by molar-refractivity contribution is 0.629. The van der Waals surface area contributed by atoms with Crippen LogP contribution in [0.5, 0.6) is 0 Å². The molecule has 0 saturated carbocycles. The van der Waals surface area contributed by atoms with Gasteiger partial charge < -0.3 is 0 Å². The number of rotatable bonds is 7. The van der Waals surface area contributed by atoms with Crippen molar-refractivity contribution in [2.24, 2.45) is 0 Å². The predicted octanol–water partition coefficient (Wildman–Crippen LogP) is 10.6. The Kier molecular flexibility index (Phi) is 7.87. The van der Waals surface area contributed by atoms with Gasteiger partial charge in [0.1, 0.15) is 22.7 Å². The summed E-state index contributed by atoms with van der Waals surface area (Å²) in [5, 5.41) is 0. The monoisotopic (exact) mass is 626 g/mol. The van der Waals surface area contributed by atoms with Crippen LogP contribution < -0.4 is 0 Å². The molecule has 0 aliphatic carbocycles. The van der Waals surface area contributed by atoms with Crippen LogP contribution in [0.1, 0.15) is 43.3 Å². The van der Waals surface area contributed by atoms with E-state index in [0.717, 1.165) is 109 Å². The van der Waals surface area contributed by atoms with E-state index in [1.165, 1.54) is 0 Å². The Labute approximate surface area is 271 Å². The minimum absolute atomic E-state index is 0.227. The van der Waals surface area contributed by atoms with E-state index >= 15 is 0 Å². The molecule has 2 heterocycles. The molecule has 5 aromatic carbocycles. The van der Waals surface area contributed by atoms with Crippen molar-refractivity contribution in [3.05, 3.63) is 119 Å². The molecule has 0 aliphatic rings. The quantitative estimate of drug-likeness (QED) is 0.177. The van der Waals surface area contributed by atoms with E-state index < -0.39 is 0 Å². The van der Waals surface area contributed by atoms with Crippen LogP contribution in [0.25, 0.3) is 66.6 Å². The molecule has 4 nitrogen and oxygen atoms in total. The summed E-state index contributed by atoms with van der Waals surface area (Å²) in [7, 11) is 0. The van der Waals surface area contributed by atoms with Crippen LogP contribution in [0, 0.1) is 18.6 Å².